The van der Waals surface area contributed by atoms with Gasteiger partial charge in [0.05, 0.1) is 31.2 Å². The predicted octanol–water partition coefficient (Wildman–Crippen LogP) is 1.68. The first-order valence-electron chi connectivity index (χ1n) is 10.3. The minimum Gasteiger partial charge on any atom is -0.491 e. The first kappa shape index (κ1) is 22.1. The van der Waals surface area contributed by atoms with Gasteiger partial charge < -0.3 is 24.6 Å². The number of nitrogens with one attached hydrogen (secondary N) is 2. The Morgan fingerprint density at radius 3 is 2.91 bits per heavy atom. The van der Waals surface area contributed by atoms with Crippen LogP contribution in [0.1, 0.15) is 16.9 Å². The number of hydrogen-bond donors (Lipinski definition) is 3. The highest BCUT2D eigenvalue weighted by molar-refractivity contribution is 6.31. The van der Waals surface area contributed by atoms with Crippen molar-refractivity contribution in [3.05, 3.63) is 41.2 Å². The zero-order chi connectivity index (χ0) is 22.8. The van der Waals surface area contributed by atoms with E-state index in [0.717, 1.165) is 0 Å². The SMILES string of the molecule is Cn1cc(-c2cc(Cl)ccc2OCCN2CNC3CNC(C#N)CC3C2=O)cc1C(=O)O. The molecule has 3 atom stereocenters. The second-order valence-corrected chi connectivity index (χ2v) is 8.46. The summed E-state index contributed by atoms with van der Waals surface area (Å²) in [6.07, 6.45) is 2.20. The van der Waals surface area contributed by atoms with Gasteiger partial charge >= 0.3 is 5.97 Å². The molecule has 2 aliphatic rings. The fourth-order valence-electron chi connectivity index (χ4n) is 4.27. The van der Waals surface area contributed by atoms with E-state index in [9.17, 15) is 14.7 Å². The zero-order valence-electron chi connectivity index (χ0n) is 17.5. The highest BCUT2D eigenvalue weighted by Crippen LogP contribution is 2.34. The largest absolute Gasteiger partial charge is 0.491 e. The van der Waals surface area contributed by atoms with Crippen molar-refractivity contribution >= 4 is 23.5 Å². The second-order valence-electron chi connectivity index (χ2n) is 8.02. The van der Waals surface area contributed by atoms with E-state index >= 15 is 0 Å². The standard InChI is InChI=1S/C22H24ClN5O4/c1-27-11-13(6-19(27)22(30)31)16-7-14(23)2-3-20(16)32-5-4-28-12-26-18-10-25-15(9-24)8-17(18)21(28)29/h2-3,6-7,11,15,17-18,25-26H,4-5,8,10,12H2,1H3,(H,30,31). The van der Waals surface area contributed by atoms with Crippen molar-refractivity contribution in [3.8, 4) is 22.9 Å². The van der Waals surface area contributed by atoms with Crippen LogP contribution < -0.4 is 15.4 Å². The summed E-state index contributed by atoms with van der Waals surface area (Å²) in [5, 5.41) is 25.5. The Morgan fingerprint density at radius 1 is 1.38 bits per heavy atom. The molecule has 0 aliphatic carbocycles. The van der Waals surface area contributed by atoms with Crippen molar-refractivity contribution in [2.24, 2.45) is 13.0 Å². The zero-order valence-corrected chi connectivity index (χ0v) is 18.3. The Balaban J connectivity index is 1.44. The number of carboxylic acids is 1. The molecule has 2 saturated heterocycles. The number of piperidine rings is 1. The van der Waals surface area contributed by atoms with Gasteiger partial charge in [0, 0.05) is 42.0 Å². The van der Waals surface area contributed by atoms with Crippen LogP contribution in [0.2, 0.25) is 5.02 Å². The van der Waals surface area contributed by atoms with Crippen LogP contribution in [0.15, 0.2) is 30.5 Å². The van der Waals surface area contributed by atoms with E-state index in [0.29, 0.717) is 48.1 Å². The maximum atomic E-state index is 12.9. The number of carbonyl (C=O) groups is 2. The number of nitrogens with zero attached hydrogens (tertiary/aromatic N) is 3. The number of ether oxygens (including phenoxy) is 1. The number of amides is 1. The number of rotatable bonds is 6. The van der Waals surface area contributed by atoms with E-state index in [2.05, 4.69) is 16.7 Å². The molecule has 3 unspecified atom stereocenters. The third-order valence-corrected chi connectivity index (χ3v) is 6.22. The van der Waals surface area contributed by atoms with Crippen molar-refractivity contribution in [3.63, 3.8) is 0 Å². The molecular formula is C22H24ClN5O4. The number of aryl methyl sites for hydroxylation is 1. The summed E-state index contributed by atoms with van der Waals surface area (Å²) in [5.41, 5.74) is 1.51. The number of carboxylic acid groups (broad SMARTS) is 1. The summed E-state index contributed by atoms with van der Waals surface area (Å²) in [6, 6.07) is 8.66. The van der Waals surface area contributed by atoms with E-state index < -0.39 is 5.97 Å². The highest BCUT2D eigenvalue weighted by atomic mass is 35.5. The Bertz CT molecular complexity index is 1080. The predicted molar refractivity (Wildman–Crippen MR) is 117 cm³/mol. The molecule has 2 fully saturated rings. The lowest BCUT2D eigenvalue weighted by molar-refractivity contribution is -0.142. The van der Waals surface area contributed by atoms with Crippen molar-refractivity contribution in [2.75, 3.05) is 26.4 Å². The number of halogens is 1. The molecule has 3 N–H and O–H groups in total. The number of carbonyl (C=O) groups excluding carboxylic acids is 1. The fourth-order valence-corrected chi connectivity index (χ4v) is 4.44. The van der Waals surface area contributed by atoms with Crippen molar-refractivity contribution in [2.45, 2.75) is 18.5 Å². The summed E-state index contributed by atoms with van der Waals surface area (Å²) < 4.78 is 7.52. The van der Waals surface area contributed by atoms with Crippen LogP contribution in [-0.2, 0) is 11.8 Å². The summed E-state index contributed by atoms with van der Waals surface area (Å²) >= 11 is 6.17. The molecule has 2 aliphatic heterocycles. The quantitative estimate of drug-likeness (QED) is 0.603. The molecule has 3 heterocycles. The molecule has 0 bridgehead atoms. The Morgan fingerprint density at radius 2 is 2.19 bits per heavy atom. The first-order valence-corrected chi connectivity index (χ1v) is 10.7. The number of fused-ring (bicyclic) bond motifs is 1. The molecule has 1 aromatic carbocycles. The second kappa shape index (κ2) is 9.20. The van der Waals surface area contributed by atoms with Gasteiger partial charge in [-0.1, -0.05) is 11.6 Å². The first-order chi connectivity index (χ1) is 15.4. The molecule has 0 radical (unpaired) electrons. The van der Waals surface area contributed by atoms with Crippen molar-refractivity contribution in [1.82, 2.24) is 20.1 Å². The lowest BCUT2D eigenvalue weighted by Crippen LogP contribution is -2.64. The van der Waals surface area contributed by atoms with Gasteiger partial charge in [0.25, 0.3) is 0 Å². The maximum absolute atomic E-state index is 12.9. The van der Waals surface area contributed by atoms with Crippen LogP contribution in [0.4, 0.5) is 0 Å². The van der Waals surface area contributed by atoms with Crippen LogP contribution >= 0.6 is 11.6 Å². The van der Waals surface area contributed by atoms with Crippen molar-refractivity contribution < 1.29 is 19.4 Å². The fraction of sp³-hybridized carbons (Fsp3) is 0.409. The van der Waals surface area contributed by atoms with Crippen LogP contribution in [0.25, 0.3) is 11.1 Å². The number of nitriles is 1. The van der Waals surface area contributed by atoms with Gasteiger partial charge in [0.1, 0.15) is 18.1 Å². The summed E-state index contributed by atoms with van der Waals surface area (Å²) in [5.74, 6) is -0.656. The normalized spacial score (nSPS) is 22.8. The van der Waals surface area contributed by atoms with Crippen LogP contribution in [0.5, 0.6) is 5.75 Å². The average Bonchev–Trinajstić information content (AvgIpc) is 3.18. The summed E-state index contributed by atoms with van der Waals surface area (Å²) in [7, 11) is 1.66. The van der Waals surface area contributed by atoms with E-state index in [1.807, 2.05) is 0 Å². The van der Waals surface area contributed by atoms with Gasteiger partial charge in [-0.25, -0.2) is 4.79 Å². The monoisotopic (exact) mass is 457 g/mol. The van der Waals surface area contributed by atoms with E-state index in [4.69, 9.17) is 21.6 Å². The molecule has 1 aromatic heterocycles. The summed E-state index contributed by atoms with van der Waals surface area (Å²) in [6.45, 7) is 1.67. The molecule has 4 rings (SSSR count). The lowest BCUT2D eigenvalue weighted by Gasteiger charge is -2.42. The molecule has 0 saturated carbocycles. The lowest BCUT2D eigenvalue weighted by atomic mass is 9.86. The number of aromatic nitrogens is 1. The van der Waals surface area contributed by atoms with Crippen molar-refractivity contribution in [1.29, 1.82) is 5.26 Å². The van der Waals surface area contributed by atoms with E-state index in [1.165, 1.54) is 4.57 Å². The number of benzene rings is 1. The Hall–Kier alpha value is -3.06. The van der Waals surface area contributed by atoms with Gasteiger partial charge in [-0.15, -0.1) is 0 Å². The van der Waals surface area contributed by atoms with E-state index in [1.54, 1.807) is 42.4 Å². The Kier molecular flexibility index (Phi) is 6.37. The van der Waals surface area contributed by atoms with Gasteiger partial charge in [-0.2, -0.15) is 5.26 Å². The molecule has 2 aromatic rings. The number of hydrogen-bond acceptors (Lipinski definition) is 6. The molecule has 9 nitrogen and oxygen atoms in total. The third kappa shape index (κ3) is 4.43. The topological polar surface area (TPSA) is 120 Å². The minimum atomic E-state index is -1.02. The van der Waals surface area contributed by atoms with Crippen LogP contribution in [-0.4, -0.2) is 64.9 Å². The molecule has 32 heavy (non-hydrogen) atoms. The Labute approximate surface area is 190 Å². The smallest absolute Gasteiger partial charge is 0.352 e. The van der Waals surface area contributed by atoms with Gasteiger partial charge in [-0.3, -0.25) is 10.1 Å². The molecular weight excluding hydrogens is 434 g/mol. The third-order valence-electron chi connectivity index (χ3n) is 5.98. The molecule has 1 amide bonds. The van der Waals surface area contributed by atoms with Gasteiger partial charge in [0.2, 0.25) is 5.91 Å². The van der Waals surface area contributed by atoms with E-state index in [-0.39, 0.29) is 36.2 Å². The van der Waals surface area contributed by atoms with Crippen LogP contribution in [0.3, 0.4) is 0 Å². The van der Waals surface area contributed by atoms with Gasteiger partial charge in [-0.05, 0) is 30.7 Å². The number of aromatic carboxylic acids is 1. The molecule has 0 spiro atoms. The minimum absolute atomic E-state index is 0.0320. The average molecular weight is 458 g/mol. The molecule has 168 valence electrons. The molecule has 10 heteroatoms. The summed E-state index contributed by atoms with van der Waals surface area (Å²) in [4.78, 5) is 26.0. The maximum Gasteiger partial charge on any atom is 0.352 e. The highest BCUT2D eigenvalue weighted by Gasteiger charge is 2.40. The van der Waals surface area contributed by atoms with Gasteiger partial charge in [0.15, 0.2) is 0 Å². The van der Waals surface area contributed by atoms with Crippen LogP contribution in [0, 0.1) is 17.2 Å².